The molecule has 0 bridgehead atoms. The topological polar surface area (TPSA) is 99.6 Å². The number of benzene rings is 1. The Morgan fingerprint density at radius 3 is 2.76 bits per heavy atom. The quantitative estimate of drug-likeness (QED) is 0.427. The molecule has 2 saturated heterocycles. The number of carbonyl (C=O) groups is 3. The molecule has 0 aromatic heterocycles. The van der Waals surface area contributed by atoms with Crippen molar-refractivity contribution >= 4 is 17.8 Å². The van der Waals surface area contributed by atoms with Crippen molar-refractivity contribution in [2.45, 2.75) is 70.8 Å². The van der Waals surface area contributed by atoms with Gasteiger partial charge in [0.25, 0.3) is 5.91 Å². The summed E-state index contributed by atoms with van der Waals surface area (Å²) in [6.45, 7) is 7.38. The van der Waals surface area contributed by atoms with Gasteiger partial charge in [-0.2, -0.15) is 0 Å². The highest BCUT2D eigenvalue weighted by atomic mass is 16.7. The van der Waals surface area contributed by atoms with Crippen LogP contribution in [0.1, 0.15) is 69.4 Å². The zero-order valence-corrected chi connectivity index (χ0v) is 22.2. The largest absolute Gasteiger partial charge is 0.493 e. The van der Waals surface area contributed by atoms with Crippen LogP contribution >= 0.6 is 0 Å². The number of aliphatic carboxylic acids is 1. The summed E-state index contributed by atoms with van der Waals surface area (Å²) in [4.78, 5) is 48.0. The van der Waals surface area contributed by atoms with E-state index in [1.54, 1.807) is 0 Å². The Labute approximate surface area is 219 Å². The van der Waals surface area contributed by atoms with Crippen LogP contribution < -0.4 is 4.74 Å². The molecule has 2 amide bonds. The van der Waals surface area contributed by atoms with E-state index in [0.29, 0.717) is 52.2 Å². The van der Waals surface area contributed by atoms with E-state index >= 15 is 0 Å². The molecule has 1 unspecified atom stereocenters. The molecular weight excluding hydrogens is 474 g/mol. The van der Waals surface area contributed by atoms with Gasteiger partial charge >= 0.3 is 5.97 Å². The summed E-state index contributed by atoms with van der Waals surface area (Å²) in [5.74, 6) is -0.945. The number of likely N-dealkylation sites (tertiary alicyclic amines) is 2. The second kappa shape index (κ2) is 12.7. The van der Waals surface area contributed by atoms with E-state index < -0.39 is 11.9 Å². The van der Waals surface area contributed by atoms with Crippen molar-refractivity contribution in [3.63, 3.8) is 0 Å². The minimum absolute atomic E-state index is 0.0939. The van der Waals surface area contributed by atoms with Gasteiger partial charge in [0.05, 0.1) is 25.7 Å². The number of hydrogen-bond acceptors (Lipinski definition) is 6. The van der Waals surface area contributed by atoms with E-state index in [9.17, 15) is 19.5 Å². The maximum atomic E-state index is 13.3. The van der Waals surface area contributed by atoms with Gasteiger partial charge in [-0.3, -0.25) is 24.1 Å². The maximum Gasteiger partial charge on any atom is 0.308 e. The Hall–Kier alpha value is -2.65. The molecule has 0 spiro atoms. The molecule has 3 atom stereocenters. The lowest BCUT2D eigenvalue weighted by molar-refractivity contribution is -0.188. The zero-order valence-electron chi connectivity index (χ0n) is 22.2. The molecule has 1 N–H and O–H groups in total. The van der Waals surface area contributed by atoms with E-state index in [0.717, 1.165) is 49.0 Å². The fraction of sp³-hybridized carbons (Fsp3) is 0.679. The summed E-state index contributed by atoms with van der Waals surface area (Å²) in [6.07, 6.45) is 5.34. The van der Waals surface area contributed by atoms with Crippen molar-refractivity contribution in [3.8, 4) is 5.75 Å². The lowest BCUT2D eigenvalue weighted by Gasteiger charge is -2.32. The van der Waals surface area contributed by atoms with Crippen molar-refractivity contribution < 1.29 is 29.1 Å². The minimum Gasteiger partial charge on any atom is -0.493 e. The third-order valence-electron chi connectivity index (χ3n) is 7.79. The summed E-state index contributed by atoms with van der Waals surface area (Å²) in [5, 5.41) is 11.8. The van der Waals surface area contributed by atoms with Crippen LogP contribution in [0.4, 0.5) is 0 Å². The first kappa shape index (κ1) is 27.4. The number of carboxylic acids is 1. The molecule has 3 aliphatic heterocycles. The predicted octanol–water partition coefficient (Wildman–Crippen LogP) is 3.07. The van der Waals surface area contributed by atoms with Crippen LogP contribution in [0.2, 0.25) is 0 Å². The van der Waals surface area contributed by atoms with Gasteiger partial charge in [0.2, 0.25) is 5.91 Å². The third-order valence-corrected chi connectivity index (χ3v) is 7.79. The number of carboxylic acid groups (broad SMARTS) is 1. The first-order chi connectivity index (χ1) is 17.9. The predicted molar refractivity (Wildman–Crippen MR) is 138 cm³/mol. The number of amides is 2. The van der Waals surface area contributed by atoms with Crippen LogP contribution in [0.15, 0.2) is 18.2 Å². The van der Waals surface area contributed by atoms with E-state index in [2.05, 4.69) is 6.07 Å². The number of piperidine rings is 1. The highest BCUT2D eigenvalue weighted by Gasteiger charge is 2.47. The molecule has 0 radical (unpaired) electrons. The standard InChI is InChI=1S/C28H41N3O6/c1-3-12-31(37-15-4-2)26(33)19-30-18-22(20-8-9-24-21(17-20)11-16-36-24)27(28(34)35)23(30)10-14-29-13-6-5-7-25(29)32/h8-9,17,22-23,27H,3-7,10-16,18-19H2,1-2H3,(H,34,35)/t22-,23+,27?/m1/s1. The summed E-state index contributed by atoms with van der Waals surface area (Å²) in [7, 11) is 0. The number of hydrogen-bond donors (Lipinski definition) is 1. The average molecular weight is 516 g/mol. The summed E-state index contributed by atoms with van der Waals surface area (Å²) >= 11 is 0. The van der Waals surface area contributed by atoms with Crippen LogP contribution in [-0.4, -0.2) is 89.7 Å². The first-order valence-electron chi connectivity index (χ1n) is 13.9. The van der Waals surface area contributed by atoms with Gasteiger partial charge in [0, 0.05) is 51.0 Å². The molecule has 9 nitrogen and oxygen atoms in total. The van der Waals surface area contributed by atoms with Crippen molar-refractivity contribution in [3.05, 3.63) is 29.3 Å². The third kappa shape index (κ3) is 6.44. The number of rotatable bonds is 12. The van der Waals surface area contributed by atoms with Gasteiger partial charge in [0.1, 0.15) is 5.75 Å². The summed E-state index contributed by atoms with van der Waals surface area (Å²) < 4.78 is 5.65. The van der Waals surface area contributed by atoms with Crippen molar-refractivity contribution in [1.29, 1.82) is 0 Å². The van der Waals surface area contributed by atoms with E-state index in [-0.39, 0.29) is 30.3 Å². The summed E-state index contributed by atoms with van der Waals surface area (Å²) in [5.41, 5.74) is 2.08. The van der Waals surface area contributed by atoms with Gasteiger partial charge in [-0.1, -0.05) is 26.0 Å². The number of ether oxygens (including phenoxy) is 1. The molecule has 9 heteroatoms. The monoisotopic (exact) mass is 515 g/mol. The molecule has 0 saturated carbocycles. The van der Waals surface area contributed by atoms with Crippen molar-refractivity contribution in [2.24, 2.45) is 5.92 Å². The Bertz CT molecular complexity index is 969. The first-order valence-corrected chi connectivity index (χ1v) is 13.9. The van der Waals surface area contributed by atoms with Gasteiger partial charge < -0.3 is 14.7 Å². The normalized spacial score (nSPS) is 23.7. The molecule has 4 rings (SSSR count). The van der Waals surface area contributed by atoms with Crippen LogP contribution in [0, 0.1) is 5.92 Å². The Balaban J connectivity index is 1.57. The summed E-state index contributed by atoms with van der Waals surface area (Å²) in [6, 6.07) is 5.62. The highest BCUT2D eigenvalue weighted by Crippen LogP contribution is 2.41. The smallest absolute Gasteiger partial charge is 0.308 e. The molecule has 204 valence electrons. The second-order valence-corrected chi connectivity index (χ2v) is 10.4. The molecule has 37 heavy (non-hydrogen) atoms. The average Bonchev–Trinajstić information content (AvgIpc) is 3.50. The number of nitrogens with zero attached hydrogens (tertiary/aromatic N) is 3. The van der Waals surface area contributed by atoms with Gasteiger partial charge in [-0.05, 0) is 49.3 Å². The zero-order chi connectivity index (χ0) is 26.4. The second-order valence-electron chi connectivity index (χ2n) is 10.4. The minimum atomic E-state index is -0.862. The molecular formula is C28H41N3O6. The van der Waals surface area contributed by atoms with Gasteiger partial charge in [0.15, 0.2) is 0 Å². The maximum absolute atomic E-state index is 13.3. The number of carbonyl (C=O) groups excluding carboxylic acids is 2. The highest BCUT2D eigenvalue weighted by molar-refractivity contribution is 5.78. The molecule has 0 aliphatic carbocycles. The molecule has 1 aromatic rings. The van der Waals surface area contributed by atoms with E-state index in [4.69, 9.17) is 9.57 Å². The van der Waals surface area contributed by atoms with E-state index in [1.165, 1.54) is 5.06 Å². The van der Waals surface area contributed by atoms with Crippen LogP contribution in [0.5, 0.6) is 5.75 Å². The fourth-order valence-electron chi connectivity index (χ4n) is 5.93. The molecule has 2 fully saturated rings. The van der Waals surface area contributed by atoms with Gasteiger partial charge in [-0.15, -0.1) is 0 Å². The van der Waals surface area contributed by atoms with Gasteiger partial charge in [-0.25, -0.2) is 5.06 Å². The van der Waals surface area contributed by atoms with E-state index in [1.807, 2.05) is 35.8 Å². The van der Waals surface area contributed by atoms with Crippen LogP contribution in [-0.2, 0) is 25.6 Å². The molecule has 1 aromatic carbocycles. The Morgan fingerprint density at radius 1 is 1.19 bits per heavy atom. The van der Waals surface area contributed by atoms with Crippen molar-refractivity contribution in [2.75, 3.05) is 45.9 Å². The lowest BCUT2D eigenvalue weighted by Crippen LogP contribution is -2.46. The van der Waals surface area contributed by atoms with Crippen LogP contribution in [0.25, 0.3) is 0 Å². The molecule has 3 aliphatic rings. The number of fused-ring (bicyclic) bond motifs is 1. The van der Waals surface area contributed by atoms with Crippen molar-refractivity contribution in [1.82, 2.24) is 14.9 Å². The Morgan fingerprint density at radius 2 is 2.03 bits per heavy atom. The Kier molecular flexibility index (Phi) is 9.43. The fourth-order valence-corrected chi connectivity index (χ4v) is 5.93. The lowest BCUT2D eigenvalue weighted by atomic mass is 9.83. The van der Waals surface area contributed by atoms with Crippen LogP contribution in [0.3, 0.4) is 0 Å². The number of hydroxylamine groups is 2. The molecule has 3 heterocycles. The SMILES string of the molecule is CCCON(CCC)C(=O)CN1C[C@H](c2ccc3c(c2)CCO3)C(C(=O)O)[C@@H]1CCN1CCCCC1=O.